The monoisotopic (exact) mass is 430 g/mol. The summed E-state index contributed by atoms with van der Waals surface area (Å²) in [5.41, 5.74) is 4.08. The van der Waals surface area contributed by atoms with Crippen LogP contribution in [0.4, 0.5) is 16.2 Å². The molecule has 10 heteroatoms. The van der Waals surface area contributed by atoms with Crippen molar-refractivity contribution < 1.29 is 4.79 Å². The van der Waals surface area contributed by atoms with E-state index < -0.39 is 6.03 Å². The van der Waals surface area contributed by atoms with Gasteiger partial charge in [-0.3, -0.25) is 0 Å². The van der Waals surface area contributed by atoms with Gasteiger partial charge in [0.05, 0.1) is 28.1 Å². The number of rotatable bonds is 4. The molecule has 5 rings (SSSR count). The molecule has 1 fully saturated rings. The Bertz CT molecular complexity index is 1360. The van der Waals surface area contributed by atoms with Crippen molar-refractivity contribution >= 4 is 39.1 Å². The lowest BCUT2D eigenvalue weighted by atomic mass is 10.1. The summed E-state index contributed by atoms with van der Waals surface area (Å²) in [5, 5.41) is 20.4. The molecule has 4 aromatic rings. The molecule has 31 heavy (non-hydrogen) atoms. The van der Waals surface area contributed by atoms with Crippen LogP contribution >= 0.6 is 11.3 Å². The standard InChI is InChI=1S/C21H18N8OS/c1-11-24-10-29(28-11)17-6-5-15(7-14(17)8-22)26-21(30)27-16-9-23-20-19(25-12(2)31-20)18(16)13-3-4-13/h5-7,9-10,13H,3-4H2,1-2H3,(H2,26,27,30). The van der Waals surface area contributed by atoms with Crippen molar-refractivity contribution in [1.82, 2.24) is 24.7 Å². The van der Waals surface area contributed by atoms with Crippen molar-refractivity contribution in [3.63, 3.8) is 0 Å². The topological polar surface area (TPSA) is 121 Å². The Morgan fingerprint density at radius 3 is 2.81 bits per heavy atom. The molecule has 1 aliphatic carbocycles. The minimum absolute atomic E-state index is 0.377. The average molecular weight is 430 g/mol. The second-order valence-corrected chi connectivity index (χ2v) is 8.59. The van der Waals surface area contributed by atoms with E-state index in [0.717, 1.165) is 33.8 Å². The SMILES string of the molecule is Cc1ncn(-c2ccc(NC(=O)Nc3cnc4sc(C)nc4c3C3CC3)cc2C#N)n1. The molecule has 2 N–H and O–H groups in total. The van der Waals surface area contributed by atoms with Gasteiger partial charge in [-0.2, -0.15) is 10.4 Å². The van der Waals surface area contributed by atoms with Gasteiger partial charge in [-0.1, -0.05) is 11.3 Å². The molecular formula is C21H18N8OS. The van der Waals surface area contributed by atoms with Gasteiger partial charge < -0.3 is 10.6 Å². The van der Waals surface area contributed by atoms with Crippen LogP contribution < -0.4 is 10.6 Å². The van der Waals surface area contributed by atoms with Crippen molar-refractivity contribution in [2.24, 2.45) is 0 Å². The molecule has 9 nitrogen and oxygen atoms in total. The van der Waals surface area contributed by atoms with Crippen LogP contribution in [-0.4, -0.2) is 30.8 Å². The summed E-state index contributed by atoms with van der Waals surface area (Å²) >= 11 is 1.55. The minimum atomic E-state index is -0.400. The first-order chi connectivity index (χ1) is 15.0. The quantitative estimate of drug-likeness (QED) is 0.498. The van der Waals surface area contributed by atoms with Crippen LogP contribution in [0.3, 0.4) is 0 Å². The van der Waals surface area contributed by atoms with E-state index in [0.29, 0.717) is 34.4 Å². The molecule has 3 heterocycles. The molecule has 0 atom stereocenters. The highest BCUT2D eigenvalue weighted by molar-refractivity contribution is 7.18. The maximum Gasteiger partial charge on any atom is 0.323 e. The number of thiazole rings is 1. The van der Waals surface area contributed by atoms with Crippen LogP contribution in [-0.2, 0) is 0 Å². The molecule has 1 aromatic carbocycles. The van der Waals surface area contributed by atoms with E-state index in [9.17, 15) is 10.1 Å². The van der Waals surface area contributed by atoms with Gasteiger partial charge in [0.1, 0.15) is 28.6 Å². The van der Waals surface area contributed by atoms with E-state index >= 15 is 0 Å². The van der Waals surface area contributed by atoms with Crippen LogP contribution in [0.25, 0.3) is 16.0 Å². The van der Waals surface area contributed by atoms with Gasteiger partial charge in [0.15, 0.2) is 0 Å². The molecule has 1 saturated carbocycles. The third-order valence-electron chi connectivity index (χ3n) is 5.03. The molecule has 2 amide bonds. The largest absolute Gasteiger partial charge is 0.323 e. The molecule has 0 spiro atoms. The van der Waals surface area contributed by atoms with Crippen molar-refractivity contribution in [3.05, 3.63) is 52.7 Å². The number of carbonyl (C=O) groups is 1. The van der Waals surface area contributed by atoms with Gasteiger partial charge in [0.25, 0.3) is 0 Å². The van der Waals surface area contributed by atoms with Crippen LogP contribution in [0, 0.1) is 25.2 Å². The lowest BCUT2D eigenvalue weighted by molar-refractivity contribution is 0.262. The highest BCUT2D eigenvalue weighted by Crippen LogP contribution is 2.46. The van der Waals surface area contributed by atoms with Crippen LogP contribution in [0.2, 0.25) is 0 Å². The molecule has 0 aliphatic heterocycles. The van der Waals surface area contributed by atoms with E-state index in [2.05, 4.69) is 36.8 Å². The number of hydrogen-bond donors (Lipinski definition) is 2. The van der Waals surface area contributed by atoms with Gasteiger partial charge in [-0.05, 0) is 50.8 Å². The van der Waals surface area contributed by atoms with Crippen molar-refractivity contribution in [2.75, 3.05) is 10.6 Å². The highest BCUT2D eigenvalue weighted by atomic mass is 32.1. The van der Waals surface area contributed by atoms with Crippen molar-refractivity contribution in [3.8, 4) is 11.8 Å². The fourth-order valence-electron chi connectivity index (χ4n) is 3.53. The summed E-state index contributed by atoms with van der Waals surface area (Å²) < 4.78 is 1.54. The van der Waals surface area contributed by atoms with Gasteiger partial charge in [0, 0.05) is 11.3 Å². The summed E-state index contributed by atoms with van der Waals surface area (Å²) in [5.74, 6) is 1.01. The first-order valence-corrected chi connectivity index (χ1v) is 10.6. The molecular weight excluding hydrogens is 412 g/mol. The number of hydrogen-bond acceptors (Lipinski definition) is 7. The number of nitrogens with one attached hydrogen (secondary N) is 2. The number of carbonyl (C=O) groups excluding carboxylic acids is 1. The minimum Gasteiger partial charge on any atom is -0.308 e. The molecule has 0 unspecified atom stereocenters. The zero-order chi connectivity index (χ0) is 21.5. The van der Waals surface area contributed by atoms with Gasteiger partial charge in [-0.15, -0.1) is 0 Å². The second kappa shape index (κ2) is 7.45. The summed E-state index contributed by atoms with van der Waals surface area (Å²) in [6.07, 6.45) is 5.42. The van der Waals surface area contributed by atoms with E-state index in [1.165, 1.54) is 4.68 Å². The number of pyridine rings is 1. The molecule has 154 valence electrons. The van der Waals surface area contributed by atoms with Crippen LogP contribution in [0.1, 0.15) is 40.7 Å². The fraction of sp³-hybridized carbons (Fsp3) is 0.238. The number of aromatic nitrogens is 5. The predicted molar refractivity (Wildman–Crippen MR) is 118 cm³/mol. The maximum atomic E-state index is 12.7. The molecule has 3 aromatic heterocycles. The Morgan fingerprint density at radius 1 is 1.26 bits per heavy atom. The number of benzene rings is 1. The van der Waals surface area contributed by atoms with Crippen molar-refractivity contribution in [2.45, 2.75) is 32.6 Å². The highest BCUT2D eigenvalue weighted by Gasteiger charge is 2.30. The number of nitrogens with zero attached hydrogens (tertiary/aromatic N) is 6. The van der Waals surface area contributed by atoms with Crippen molar-refractivity contribution in [1.29, 1.82) is 5.26 Å². The Hall–Kier alpha value is -3.84. The summed E-state index contributed by atoms with van der Waals surface area (Å²) in [4.78, 5) is 26.8. The normalized spacial score (nSPS) is 13.2. The smallest absolute Gasteiger partial charge is 0.308 e. The van der Waals surface area contributed by atoms with Crippen LogP contribution in [0.5, 0.6) is 0 Å². The number of nitriles is 1. The van der Waals surface area contributed by atoms with Gasteiger partial charge in [0.2, 0.25) is 0 Å². The molecule has 0 radical (unpaired) electrons. The second-order valence-electron chi connectivity index (χ2n) is 7.41. The summed E-state index contributed by atoms with van der Waals surface area (Å²) in [6.45, 7) is 3.73. The number of urea groups is 1. The number of fused-ring (bicyclic) bond motifs is 1. The predicted octanol–water partition coefficient (Wildman–Crippen LogP) is 4.28. The summed E-state index contributed by atoms with van der Waals surface area (Å²) in [6, 6.07) is 6.80. The third-order valence-corrected chi connectivity index (χ3v) is 5.91. The third kappa shape index (κ3) is 3.71. The fourth-order valence-corrected chi connectivity index (χ4v) is 4.31. The van der Waals surface area contributed by atoms with E-state index in [-0.39, 0.29) is 0 Å². The summed E-state index contributed by atoms with van der Waals surface area (Å²) in [7, 11) is 0. The Balaban J connectivity index is 1.39. The lowest BCUT2D eigenvalue weighted by Gasteiger charge is -2.12. The van der Waals surface area contributed by atoms with E-state index in [1.807, 2.05) is 6.92 Å². The first-order valence-electron chi connectivity index (χ1n) is 9.78. The Labute approximate surface area is 181 Å². The van der Waals surface area contributed by atoms with Gasteiger partial charge in [-0.25, -0.2) is 24.4 Å². The van der Waals surface area contributed by atoms with Gasteiger partial charge >= 0.3 is 6.03 Å². The Kier molecular flexibility index (Phi) is 4.60. The average Bonchev–Trinajstić information content (AvgIpc) is 3.37. The Morgan fingerprint density at radius 2 is 2.10 bits per heavy atom. The first kappa shape index (κ1) is 19.1. The molecule has 0 bridgehead atoms. The molecule has 1 aliphatic rings. The van der Waals surface area contributed by atoms with E-state index in [1.54, 1.807) is 49.0 Å². The van der Waals surface area contributed by atoms with E-state index in [4.69, 9.17) is 0 Å². The number of anilines is 2. The molecule has 0 saturated heterocycles. The number of amides is 2. The maximum absolute atomic E-state index is 12.7. The van der Waals surface area contributed by atoms with Crippen LogP contribution in [0.15, 0.2) is 30.7 Å². The lowest BCUT2D eigenvalue weighted by Crippen LogP contribution is -2.20. The zero-order valence-corrected chi connectivity index (χ0v) is 17.7. The number of aryl methyl sites for hydroxylation is 2. The zero-order valence-electron chi connectivity index (χ0n) is 16.9.